The van der Waals surface area contributed by atoms with Crippen molar-refractivity contribution in [2.45, 2.75) is 0 Å². The molecule has 0 bridgehead atoms. The molecule has 0 fully saturated rings. The number of nitrogens with zero attached hydrogens (tertiary/aromatic N) is 1. The van der Waals surface area contributed by atoms with Gasteiger partial charge in [0, 0.05) is 10.0 Å². The van der Waals surface area contributed by atoms with E-state index in [9.17, 15) is 9.59 Å². The highest BCUT2D eigenvalue weighted by atomic mass is 79.9. The van der Waals surface area contributed by atoms with Crippen LogP contribution in [0.1, 0.15) is 5.56 Å². The van der Waals surface area contributed by atoms with Crippen molar-refractivity contribution in [3.63, 3.8) is 0 Å². The fourth-order valence-corrected chi connectivity index (χ4v) is 1.18. The molecular formula is C9H8BrN3O2. The Morgan fingerprint density at radius 1 is 1.40 bits per heavy atom. The van der Waals surface area contributed by atoms with E-state index in [0.29, 0.717) is 0 Å². The summed E-state index contributed by atoms with van der Waals surface area (Å²) < 4.78 is 0.835. The van der Waals surface area contributed by atoms with Crippen molar-refractivity contribution >= 4 is 34.0 Å². The summed E-state index contributed by atoms with van der Waals surface area (Å²) in [6, 6.07) is 7.30. The van der Waals surface area contributed by atoms with Crippen LogP contribution in [0.3, 0.4) is 0 Å². The zero-order valence-corrected chi connectivity index (χ0v) is 9.19. The number of hydrogen-bond donors (Lipinski definition) is 2. The molecule has 0 unspecified atom stereocenters. The van der Waals surface area contributed by atoms with Crippen LogP contribution in [0, 0.1) is 0 Å². The van der Waals surface area contributed by atoms with E-state index in [0.717, 1.165) is 10.0 Å². The van der Waals surface area contributed by atoms with Crippen LogP contribution in [0.15, 0.2) is 33.8 Å². The van der Waals surface area contributed by atoms with Crippen LogP contribution in [-0.4, -0.2) is 18.0 Å². The normalized spacial score (nSPS) is 10.2. The summed E-state index contributed by atoms with van der Waals surface area (Å²) in [7, 11) is 0. The maximum atomic E-state index is 10.7. The standard InChI is InChI=1S/C9H8BrN3O2/c10-7-4-2-1-3-6(7)5-12-13-9(15)8(11)14/h1-5H,(H2,11,14)(H,13,15). The summed E-state index contributed by atoms with van der Waals surface area (Å²) >= 11 is 3.30. The van der Waals surface area contributed by atoms with Crippen molar-refractivity contribution in [2.24, 2.45) is 10.8 Å². The number of nitrogens with one attached hydrogen (secondary N) is 1. The second-order valence-corrected chi connectivity index (χ2v) is 3.44. The summed E-state index contributed by atoms with van der Waals surface area (Å²) in [6.45, 7) is 0. The van der Waals surface area contributed by atoms with Crippen LogP contribution in [-0.2, 0) is 9.59 Å². The number of halogens is 1. The molecule has 0 saturated heterocycles. The number of amides is 2. The number of benzene rings is 1. The Labute approximate surface area is 94.5 Å². The zero-order valence-electron chi connectivity index (χ0n) is 7.61. The lowest BCUT2D eigenvalue weighted by molar-refractivity contribution is -0.137. The molecule has 1 aromatic rings. The monoisotopic (exact) mass is 269 g/mol. The quantitative estimate of drug-likeness (QED) is 0.462. The molecule has 0 aliphatic carbocycles. The molecule has 5 nitrogen and oxygen atoms in total. The Morgan fingerprint density at radius 2 is 2.07 bits per heavy atom. The Kier molecular flexibility index (Phi) is 3.99. The van der Waals surface area contributed by atoms with Gasteiger partial charge < -0.3 is 5.73 Å². The molecule has 0 spiro atoms. The van der Waals surface area contributed by atoms with Crippen molar-refractivity contribution in [3.8, 4) is 0 Å². The lowest BCUT2D eigenvalue weighted by atomic mass is 10.2. The third-order valence-corrected chi connectivity index (χ3v) is 2.22. The summed E-state index contributed by atoms with van der Waals surface area (Å²) in [5.41, 5.74) is 7.48. The number of carbonyl (C=O) groups is 2. The molecule has 0 aliphatic rings. The summed E-state index contributed by atoms with van der Waals surface area (Å²) in [6.07, 6.45) is 1.41. The molecule has 2 amide bonds. The lowest BCUT2D eigenvalue weighted by Gasteiger charge is -1.96. The van der Waals surface area contributed by atoms with E-state index in [1.54, 1.807) is 6.07 Å². The van der Waals surface area contributed by atoms with Gasteiger partial charge in [-0.1, -0.05) is 34.1 Å². The molecule has 0 heterocycles. The highest BCUT2D eigenvalue weighted by Gasteiger charge is 2.05. The maximum absolute atomic E-state index is 10.7. The van der Waals surface area contributed by atoms with Crippen LogP contribution in [0.25, 0.3) is 0 Å². The van der Waals surface area contributed by atoms with Crippen LogP contribution in [0.5, 0.6) is 0 Å². The largest absolute Gasteiger partial charge is 0.361 e. The first-order valence-corrected chi connectivity index (χ1v) is 4.78. The molecule has 78 valence electrons. The predicted octanol–water partition coefficient (Wildman–Crippen LogP) is 0.385. The molecule has 15 heavy (non-hydrogen) atoms. The number of nitrogens with two attached hydrogens (primary N) is 1. The Hall–Kier alpha value is -1.69. The van der Waals surface area contributed by atoms with Gasteiger partial charge in [0.15, 0.2) is 0 Å². The molecular weight excluding hydrogens is 262 g/mol. The van der Waals surface area contributed by atoms with Crippen LogP contribution in [0.2, 0.25) is 0 Å². The highest BCUT2D eigenvalue weighted by Crippen LogP contribution is 2.13. The van der Waals surface area contributed by atoms with Crippen molar-refractivity contribution < 1.29 is 9.59 Å². The highest BCUT2D eigenvalue weighted by molar-refractivity contribution is 9.10. The van der Waals surface area contributed by atoms with Crippen LogP contribution >= 0.6 is 15.9 Å². The average Bonchev–Trinajstić information content (AvgIpc) is 2.20. The second kappa shape index (κ2) is 5.26. The van der Waals surface area contributed by atoms with Crippen LogP contribution in [0.4, 0.5) is 0 Å². The molecule has 0 aliphatic heterocycles. The van der Waals surface area contributed by atoms with Crippen molar-refractivity contribution in [3.05, 3.63) is 34.3 Å². The van der Waals surface area contributed by atoms with Crippen molar-refractivity contribution in [1.29, 1.82) is 0 Å². The average molecular weight is 270 g/mol. The van der Waals surface area contributed by atoms with Gasteiger partial charge in [0.1, 0.15) is 0 Å². The summed E-state index contributed by atoms with van der Waals surface area (Å²) in [4.78, 5) is 21.0. The minimum Gasteiger partial charge on any atom is -0.361 e. The van der Waals surface area contributed by atoms with Crippen LogP contribution < -0.4 is 11.2 Å². The van der Waals surface area contributed by atoms with E-state index >= 15 is 0 Å². The van der Waals surface area contributed by atoms with E-state index in [1.165, 1.54) is 6.21 Å². The third kappa shape index (κ3) is 3.51. The van der Waals surface area contributed by atoms with Gasteiger partial charge in [0.25, 0.3) is 0 Å². The number of carbonyl (C=O) groups excluding carboxylic acids is 2. The topological polar surface area (TPSA) is 84.5 Å². The van der Waals surface area contributed by atoms with E-state index in [2.05, 4.69) is 21.0 Å². The number of hydrogen-bond acceptors (Lipinski definition) is 3. The predicted molar refractivity (Wildman–Crippen MR) is 59.1 cm³/mol. The molecule has 0 aromatic heterocycles. The SMILES string of the molecule is NC(=O)C(=O)NN=Cc1ccccc1Br. The third-order valence-electron chi connectivity index (χ3n) is 1.50. The fraction of sp³-hybridized carbons (Fsp3) is 0. The fourth-order valence-electron chi connectivity index (χ4n) is 0.795. The van der Waals surface area contributed by atoms with E-state index < -0.39 is 11.8 Å². The van der Waals surface area contributed by atoms with Gasteiger partial charge >= 0.3 is 11.8 Å². The Bertz CT molecular complexity index is 418. The maximum Gasteiger partial charge on any atom is 0.329 e. The molecule has 3 N–H and O–H groups in total. The first-order chi connectivity index (χ1) is 7.11. The van der Waals surface area contributed by atoms with Crippen molar-refractivity contribution in [1.82, 2.24) is 5.43 Å². The van der Waals surface area contributed by atoms with Gasteiger partial charge in [-0.15, -0.1) is 0 Å². The Morgan fingerprint density at radius 3 is 2.67 bits per heavy atom. The van der Waals surface area contributed by atoms with Gasteiger partial charge in [-0.3, -0.25) is 9.59 Å². The molecule has 0 saturated carbocycles. The summed E-state index contributed by atoms with van der Waals surface area (Å²) in [5, 5.41) is 3.57. The first-order valence-electron chi connectivity index (χ1n) is 3.98. The molecule has 6 heteroatoms. The minimum absolute atomic E-state index is 0.780. The van der Waals surface area contributed by atoms with Gasteiger partial charge in [0.2, 0.25) is 0 Å². The second-order valence-electron chi connectivity index (χ2n) is 2.58. The number of hydrazone groups is 1. The minimum atomic E-state index is -1.07. The van der Waals surface area contributed by atoms with E-state index in [4.69, 9.17) is 5.73 Å². The summed E-state index contributed by atoms with van der Waals surface area (Å²) in [5.74, 6) is -2.02. The van der Waals surface area contributed by atoms with E-state index in [-0.39, 0.29) is 0 Å². The van der Waals surface area contributed by atoms with Gasteiger partial charge in [-0.2, -0.15) is 5.10 Å². The Balaban J connectivity index is 2.63. The lowest BCUT2D eigenvalue weighted by Crippen LogP contribution is -2.32. The molecule has 1 rings (SSSR count). The van der Waals surface area contributed by atoms with E-state index in [1.807, 2.05) is 23.6 Å². The smallest absolute Gasteiger partial charge is 0.329 e. The van der Waals surface area contributed by atoms with Crippen molar-refractivity contribution in [2.75, 3.05) is 0 Å². The number of primary amides is 1. The number of rotatable bonds is 2. The van der Waals surface area contributed by atoms with Gasteiger partial charge in [0.05, 0.1) is 6.21 Å². The molecule has 0 atom stereocenters. The van der Waals surface area contributed by atoms with Gasteiger partial charge in [-0.05, 0) is 6.07 Å². The molecule has 1 aromatic carbocycles. The first kappa shape index (κ1) is 11.4. The molecule has 0 radical (unpaired) electrons. The zero-order chi connectivity index (χ0) is 11.3. The van der Waals surface area contributed by atoms with Gasteiger partial charge in [-0.25, -0.2) is 5.43 Å².